The first-order valence-electron chi connectivity index (χ1n) is 5.51. The van der Waals surface area contributed by atoms with Crippen molar-refractivity contribution >= 4 is 11.8 Å². The molecule has 17 heavy (non-hydrogen) atoms. The summed E-state index contributed by atoms with van der Waals surface area (Å²) in [5.41, 5.74) is 9.12. The van der Waals surface area contributed by atoms with Crippen LogP contribution in [-0.2, 0) is 6.54 Å². The van der Waals surface area contributed by atoms with Gasteiger partial charge in [0.2, 0.25) is 0 Å². The van der Waals surface area contributed by atoms with Crippen LogP contribution in [0.2, 0.25) is 0 Å². The van der Waals surface area contributed by atoms with Gasteiger partial charge in [-0.3, -0.25) is 0 Å². The van der Waals surface area contributed by atoms with Crippen LogP contribution in [0, 0.1) is 20.8 Å². The number of hydrogen-bond acceptors (Lipinski definition) is 4. The summed E-state index contributed by atoms with van der Waals surface area (Å²) < 4.78 is 5.29. The predicted octanol–water partition coefficient (Wildman–Crippen LogP) is 3.21. The van der Waals surface area contributed by atoms with Gasteiger partial charge in [0, 0.05) is 17.8 Å². The largest absolute Gasteiger partial charge is 0.468 e. The number of furan rings is 1. The molecule has 0 fully saturated rings. The molecular weight excluding hydrogens is 232 g/mol. The van der Waals surface area contributed by atoms with E-state index in [9.17, 15) is 0 Å². The molecule has 0 radical (unpaired) electrons. The van der Waals surface area contributed by atoms with Crippen LogP contribution in [0.25, 0.3) is 0 Å². The standard InChI is InChI=1S/C13H16N2OS/c1-8-6-9(2)15-13(11(8)7-14)17-12-4-5-16-10(12)3/h4-6H,7,14H2,1-3H3. The highest BCUT2D eigenvalue weighted by atomic mass is 32.2. The zero-order valence-electron chi connectivity index (χ0n) is 10.3. The van der Waals surface area contributed by atoms with Crippen molar-refractivity contribution in [2.75, 3.05) is 0 Å². The molecule has 0 aliphatic rings. The lowest BCUT2D eigenvalue weighted by atomic mass is 10.1. The Morgan fingerprint density at radius 3 is 2.71 bits per heavy atom. The summed E-state index contributed by atoms with van der Waals surface area (Å²) in [5.74, 6) is 0.916. The van der Waals surface area contributed by atoms with Gasteiger partial charge in [-0.25, -0.2) is 4.98 Å². The van der Waals surface area contributed by atoms with E-state index in [2.05, 4.69) is 18.0 Å². The molecule has 0 aromatic carbocycles. The summed E-state index contributed by atoms with van der Waals surface area (Å²) in [5, 5.41) is 0.981. The molecule has 90 valence electrons. The first-order valence-corrected chi connectivity index (χ1v) is 6.32. The van der Waals surface area contributed by atoms with E-state index in [1.165, 1.54) is 5.56 Å². The molecule has 0 unspecified atom stereocenters. The van der Waals surface area contributed by atoms with Crippen molar-refractivity contribution in [1.82, 2.24) is 4.98 Å². The first kappa shape index (κ1) is 12.2. The molecule has 2 rings (SSSR count). The monoisotopic (exact) mass is 248 g/mol. The van der Waals surface area contributed by atoms with Crippen LogP contribution in [0.4, 0.5) is 0 Å². The molecule has 0 amide bonds. The fourth-order valence-corrected chi connectivity index (χ4v) is 2.83. The Bertz CT molecular complexity index is 534. The smallest absolute Gasteiger partial charge is 0.114 e. The predicted molar refractivity (Wildman–Crippen MR) is 69.2 cm³/mol. The Hall–Kier alpha value is -1.26. The molecule has 0 spiro atoms. The number of aromatic nitrogens is 1. The third-order valence-electron chi connectivity index (χ3n) is 2.66. The van der Waals surface area contributed by atoms with Gasteiger partial charge in [0.1, 0.15) is 10.8 Å². The van der Waals surface area contributed by atoms with Crippen LogP contribution in [0.5, 0.6) is 0 Å². The first-order chi connectivity index (χ1) is 8.11. The van der Waals surface area contributed by atoms with E-state index in [0.29, 0.717) is 6.54 Å². The van der Waals surface area contributed by atoms with Gasteiger partial charge < -0.3 is 10.2 Å². The minimum absolute atomic E-state index is 0.512. The van der Waals surface area contributed by atoms with Crippen molar-refractivity contribution in [2.24, 2.45) is 5.73 Å². The third kappa shape index (κ3) is 2.53. The Balaban J connectivity index is 2.41. The average molecular weight is 248 g/mol. The van der Waals surface area contributed by atoms with Crippen molar-refractivity contribution in [2.45, 2.75) is 37.2 Å². The summed E-state index contributed by atoms with van der Waals surface area (Å²) in [4.78, 5) is 5.66. The average Bonchev–Trinajstić information content (AvgIpc) is 2.64. The van der Waals surface area contributed by atoms with E-state index in [-0.39, 0.29) is 0 Å². The van der Waals surface area contributed by atoms with Crippen LogP contribution < -0.4 is 5.73 Å². The lowest BCUT2D eigenvalue weighted by Crippen LogP contribution is -2.04. The van der Waals surface area contributed by atoms with Gasteiger partial charge in [-0.2, -0.15) is 0 Å². The third-order valence-corrected chi connectivity index (χ3v) is 3.83. The number of nitrogens with zero attached hydrogens (tertiary/aromatic N) is 1. The highest BCUT2D eigenvalue weighted by Gasteiger charge is 2.11. The fourth-order valence-electron chi connectivity index (χ4n) is 1.75. The minimum atomic E-state index is 0.512. The van der Waals surface area contributed by atoms with Crippen LogP contribution in [-0.4, -0.2) is 4.98 Å². The van der Waals surface area contributed by atoms with Crippen molar-refractivity contribution in [3.05, 3.63) is 41.0 Å². The molecule has 2 aromatic rings. The molecule has 4 heteroatoms. The molecule has 2 heterocycles. The van der Waals surface area contributed by atoms with Crippen LogP contribution in [0.3, 0.4) is 0 Å². The van der Waals surface area contributed by atoms with E-state index in [4.69, 9.17) is 10.2 Å². The molecule has 0 saturated heterocycles. The molecule has 0 saturated carbocycles. The summed E-state index contributed by atoms with van der Waals surface area (Å²) in [6, 6.07) is 4.02. The van der Waals surface area contributed by atoms with Crippen molar-refractivity contribution in [3.8, 4) is 0 Å². The highest BCUT2D eigenvalue weighted by molar-refractivity contribution is 7.99. The van der Waals surface area contributed by atoms with Crippen molar-refractivity contribution < 1.29 is 4.42 Å². The topological polar surface area (TPSA) is 52.0 Å². The minimum Gasteiger partial charge on any atom is -0.468 e. The molecular formula is C13H16N2OS. The maximum Gasteiger partial charge on any atom is 0.114 e. The summed E-state index contributed by atoms with van der Waals surface area (Å²) >= 11 is 1.62. The lowest BCUT2D eigenvalue weighted by molar-refractivity contribution is 0.527. The van der Waals surface area contributed by atoms with Gasteiger partial charge in [-0.05, 0) is 38.5 Å². The summed E-state index contributed by atoms with van der Waals surface area (Å²) in [6.45, 7) is 6.54. The lowest BCUT2D eigenvalue weighted by Gasteiger charge is -2.10. The number of aryl methyl sites for hydroxylation is 3. The normalized spacial score (nSPS) is 10.8. The second-order valence-electron chi connectivity index (χ2n) is 4.01. The second kappa shape index (κ2) is 4.94. The molecule has 0 aliphatic carbocycles. The van der Waals surface area contributed by atoms with Crippen molar-refractivity contribution in [1.29, 1.82) is 0 Å². The van der Waals surface area contributed by atoms with E-state index in [1.54, 1.807) is 18.0 Å². The molecule has 3 nitrogen and oxygen atoms in total. The van der Waals surface area contributed by atoms with Crippen LogP contribution >= 0.6 is 11.8 Å². The zero-order valence-corrected chi connectivity index (χ0v) is 11.1. The summed E-state index contributed by atoms with van der Waals surface area (Å²) in [7, 11) is 0. The van der Waals surface area contributed by atoms with Gasteiger partial charge in [-0.15, -0.1) is 0 Å². The Morgan fingerprint density at radius 1 is 1.35 bits per heavy atom. The molecule has 2 aromatic heterocycles. The Kier molecular flexibility index (Phi) is 3.54. The Labute approximate surface area is 105 Å². The van der Waals surface area contributed by atoms with Gasteiger partial charge in [0.25, 0.3) is 0 Å². The van der Waals surface area contributed by atoms with E-state index in [1.807, 2.05) is 19.9 Å². The second-order valence-corrected chi connectivity index (χ2v) is 5.04. The molecule has 0 atom stereocenters. The quantitative estimate of drug-likeness (QED) is 0.906. The van der Waals surface area contributed by atoms with Crippen molar-refractivity contribution in [3.63, 3.8) is 0 Å². The molecule has 2 N–H and O–H groups in total. The van der Waals surface area contributed by atoms with E-state index < -0.39 is 0 Å². The van der Waals surface area contributed by atoms with E-state index >= 15 is 0 Å². The van der Waals surface area contributed by atoms with Gasteiger partial charge in [0.15, 0.2) is 0 Å². The number of rotatable bonds is 3. The highest BCUT2D eigenvalue weighted by Crippen LogP contribution is 2.33. The van der Waals surface area contributed by atoms with Gasteiger partial charge in [-0.1, -0.05) is 11.8 Å². The molecule has 0 aliphatic heterocycles. The fraction of sp³-hybridized carbons (Fsp3) is 0.308. The zero-order chi connectivity index (χ0) is 12.4. The number of pyridine rings is 1. The van der Waals surface area contributed by atoms with Crippen LogP contribution in [0.1, 0.15) is 22.6 Å². The number of hydrogen-bond donors (Lipinski definition) is 1. The van der Waals surface area contributed by atoms with Gasteiger partial charge >= 0.3 is 0 Å². The maximum atomic E-state index is 5.79. The van der Waals surface area contributed by atoms with Crippen LogP contribution in [0.15, 0.2) is 32.7 Å². The van der Waals surface area contributed by atoms with E-state index in [0.717, 1.165) is 26.9 Å². The number of nitrogens with two attached hydrogens (primary N) is 1. The maximum absolute atomic E-state index is 5.79. The summed E-state index contributed by atoms with van der Waals surface area (Å²) in [6.07, 6.45) is 1.70. The Morgan fingerprint density at radius 2 is 2.12 bits per heavy atom. The molecule has 0 bridgehead atoms. The van der Waals surface area contributed by atoms with Gasteiger partial charge in [0.05, 0.1) is 11.2 Å². The SMILES string of the molecule is Cc1cc(C)c(CN)c(Sc2ccoc2C)n1.